The van der Waals surface area contributed by atoms with Crippen LogP contribution in [0.25, 0.3) is 5.69 Å². The van der Waals surface area contributed by atoms with Gasteiger partial charge in [0.2, 0.25) is 0 Å². The summed E-state index contributed by atoms with van der Waals surface area (Å²) in [4.78, 5) is 10.2. The van der Waals surface area contributed by atoms with Crippen molar-refractivity contribution >= 4 is 28.9 Å². The zero-order valence-corrected chi connectivity index (χ0v) is 10.6. The third-order valence-electron chi connectivity index (χ3n) is 2.22. The third kappa shape index (κ3) is 2.27. The van der Waals surface area contributed by atoms with Crippen molar-refractivity contribution in [1.82, 2.24) is 20.2 Å². The first-order valence-corrected chi connectivity index (χ1v) is 5.69. The Morgan fingerprint density at radius 2 is 2.22 bits per heavy atom. The molecule has 0 saturated heterocycles. The molecule has 0 aliphatic carbocycles. The Labute approximate surface area is 111 Å². The van der Waals surface area contributed by atoms with Gasteiger partial charge in [-0.1, -0.05) is 11.6 Å². The molecule has 0 bridgehead atoms. The van der Waals surface area contributed by atoms with Gasteiger partial charge in [-0.15, -0.1) is 16.7 Å². The first-order valence-electron chi connectivity index (χ1n) is 4.87. The van der Waals surface area contributed by atoms with Crippen molar-refractivity contribution in [2.75, 3.05) is 0 Å². The molecule has 1 aromatic carbocycles. The molecule has 1 heterocycles. The van der Waals surface area contributed by atoms with Crippen LogP contribution in [0.4, 0.5) is 5.69 Å². The molecule has 0 radical (unpaired) electrons. The van der Waals surface area contributed by atoms with Gasteiger partial charge in [0.1, 0.15) is 0 Å². The van der Waals surface area contributed by atoms with E-state index in [1.165, 1.54) is 22.9 Å². The van der Waals surface area contributed by atoms with Crippen LogP contribution in [0.15, 0.2) is 18.2 Å². The summed E-state index contributed by atoms with van der Waals surface area (Å²) >= 11 is 11.9. The lowest BCUT2D eigenvalue weighted by molar-refractivity contribution is -0.384. The van der Waals surface area contributed by atoms with Gasteiger partial charge in [-0.25, -0.2) is 0 Å². The van der Waals surface area contributed by atoms with Crippen molar-refractivity contribution in [2.45, 2.75) is 12.3 Å². The number of rotatable bonds is 3. The summed E-state index contributed by atoms with van der Waals surface area (Å²) in [5.74, 6) is 0.360. The fraction of sp³-hybridized carbons (Fsp3) is 0.222. The van der Waals surface area contributed by atoms with E-state index in [-0.39, 0.29) is 5.69 Å². The molecule has 1 atom stereocenters. The van der Waals surface area contributed by atoms with Gasteiger partial charge in [0.25, 0.3) is 5.69 Å². The highest BCUT2D eigenvalue weighted by molar-refractivity contribution is 6.32. The first-order chi connectivity index (χ1) is 8.50. The molecule has 0 saturated carbocycles. The molecule has 9 heteroatoms. The molecule has 0 spiro atoms. The molecule has 0 amide bonds. The summed E-state index contributed by atoms with van der Waals surface area (Å²) in [5.41, 5.74) is 0.219. The Hall–Kier alpha value is -1.73. The number of hydrogen-bond acceptors (Lipinski definition) is 5. The van der Waals surface area contributed by atoms with Gasteiger partial charge in [0.15, 0.2) is 5.82 Å². The minimum Gasteiger partial charge on any atom is -0.258 e. The van der Waals surface area contributed by atoms with Crippen LogP contribution in [0.3, 0.4) is 0 Å². The van der Waals surface area contributed by atoms with Gasteiger partial charge in [0.05, 0.1) is 21.0 Å². The summed E-state index contributed by atoms with van der Waals surface area (Å²) in [6.45, 7) is 1.69. The predicted octanol–water partition coefficient (Wildman–Crippen LogP) is 2.52. The zero-order valence-electron chi connectivity index (χ0n) is 9.12. The van der Waals surface area contributed by atoms with E-state index < -0.39 is 10.3 Å². The standard InChI is InChI=1S/C9H7Cl2N5O2/c1-5(10)9-12-13-14-15(9)8-4-6(16(17)18)2-3-7(8)11/h2-5H,1H3. The molecular formula is C9H7Cl2N5O2. The third-order valence-corrected chi connectivity index (χ3v) is 2.73. The van der Waals surface area contributed by atoms with Crippen molar-refractivity contribution in [1.29, 1.82) is 0 Å². The Morgan fingerprint density at radius 3 is 2.83 bits per heavy atom. The van der Waals surface area contributed by atoms with E-state index in [2.05, 4.69) is 15.5 Å². The smallest absolute Gasteiger partial charge is 0.258 e. The molecule has 7 nitrogen and oxygen atoms in total. The average molecular weight is 288 g/mol. The lowest BCUT2D eigenvalue weighted by Crippen LogP contribution is -2.05. The number of benzene rings is 1. The largest absolute Gasteiger partial charge is 0.271 e. The van der Waals surface area contributed by atoms with Crippen LogP contribution in [0, 0.1) is 10.1 Å². The fourth-order valence-electron chi connectivity index (χ4n) is 1.39. The van der Waals surface area contributed by atoms with Crippen molar-refractivity contribution in [3.63, 3.8) is 0 Å². The minimum absolute atomic E-state index is 0.0990. The van der Waals surface area contributed by atoms with Gasteiger partial charge in [-0.3, -0.25) is 10.1 Å². The maximum Gasteiger partial charge on any atom is 0.271 e. The van der Waals surface area contributed by atoms with Gasteiger partial charge in [-0.05, 0) is 23.4 Å². The Kier molecular flexibility index (Phi) is 3.44. The molecule has 2 aromatic rings. The van der Waals surface area contributed by atoms with Crippen molar-refractivity contribution in [3.05, 3.63) is 39.2 Å². The van der Waals surface area contributed by atoms with Gasteiger partial charge in [-0.2, -0.15) is 4.68 Å². The first kappa shape index (κ1) is 12.7. The predicted molar refractivity (Wildman–Crippen MR) is 65.1 cm³/mol. The Morgan fingerprint density at radius 1 is 1.50 bits per heavy atom. The number of nitro benzene ring substituents is 1. The van der Waals surface area contributed by atoms with E-state index in [1.807, 2.05) is 0 Å². The van der Waals surface area contributed by atoms with Gasteiger partial charge >= 0.3 is 0 Å². The molecule has 0 N–H and O–H groups in total. The zero-order chi connectivity index (χ0) is 13.3. The van der Waals surface area contributed by atoms with Crippen LogP contribution in [0.2, 0.25) is 5.02 Å². The maximum absolute atomic E-state index is 10.7. The second kappa shape index (κ2) is 4.87. The average Bonchev–Trinajstić information content (AvgIpc) is 2.78. The Balaban J connectivity index is 2.59. The molecule has 1 unspecified atom stereocenters. The van der Waals surface area contributed by atoms with Crippen LogP contribution in [-0.4, -0.2) is 25.1 Å². The molecule has 2 rings (SSSR count). The topological polar surface area (TPSA) is 86.7 Å². The molecule has 94 valence electrons. The molecule has 0 fully saturated rings. The van der Waals surface area contributed by atoms with E-state index in [9.17, 15) is 10.1 Å². The second-order valence-electron chi connectivity index (χ2n) is 3.46. The number of alkyl halides is 1. The van der Waals surface area contributed by atoms with E-state index in [0.29, 0.717) is 16.5 Å². The summed E-state index contributed by atoms with van der Waals surface area (Å²) < 4.78 is 1.28. The van der Waals surface area contributed by atoms with Gasteiger partial charge < -0.3 is 0 Å². The number of aromatic nitrogens is 4. The normalized spacial score (nSPS) is 12.4. The highest BCUT2D eigenvalue weighted by atomic mass is 35.5. The van der Waals surface area contributed by atoms with Crippen molar-refractivity contribution in [2.24, 2.45) is 0 Å². The van der Waals surface area contributed by atoms with Crippen molar-refractivity contribution < 1.29 is 4.92 Å². The van der Waals surface area contributed by atoms with E-state index in [4.69, 9.17) is 23.2 Å². The lowest BCUT2D eigenvalue weighted by atomic mass is 10.2. The molecular weight excluding hydrogens is 281 g/mol. The molecule has 0 aliphatic rings. The van der Waals surface area contributed by atoms with Crippen LogP contribution in [0.1, 0.15) is 18.1 Å². The highest BCUT2D eigenvalue weighted by Gasteiger charge is 2.18. The second-order valence-corrected chi connectivity index (χ2v) is 4.52. The molecule has 0 aliphatic heterocycles. The summed E-state index contributed by atoms with van der Waals surface area (Å²) in [6, 6.07) is 4.01. The molecule has 1 aromatic heterocycles. The van der Waals surface area contributed by atoms with Crippen LogP contribution < -0.4 is 0 Å². The van der Waals surface area contributed by atoms with Crippen LogP contribution in [-0.2, 0) is 0 Å². The summed E-state index contributed by atoms with van der Waals surface area (Å²) in [7, 11) is 0. The van der Waals surface area contributed by atoms with E-state index in [1.54, 1.807) is 6.92 Å². The summed E-state index contributed by atoms with van der Waals surface area (Å²) in [5, 5.41) is 21.5. The fourth-order valence-corrected chi connectivity index (χ4v) is 1.72. The molecule has 18 heavy (non-hydrogen) atoms. The Bertz CT molecular complexity index is 598. The number of tetrazole rings is 1. The number of non-ortho nitro benzene ring substituents is 1. The van der Waals surface area contributed by atoms with Crippen LogP contribution in [0.5, 0.6) is 0 Å². The van der Waals surface area contributed by atoms with Crippen LogP contribution >= 0.6 is 23.2 Å². The van der Waals surface area contributed by atoms with E-state index >= 15 is 0 Å². The van der Waals surface area contributed by atoms with Crippen molar-refractivity contribution in [3.8, 4) is 5.69 Å². The monoisotopic (exact) mass is 287 g/mol. The quantitative estimate of drug-likeness (QED) is 0.492. The highest BCUT2D eigenvalue weighted by Crippen LogP contribution is 2.27. The lowest BCUT2D eigenvalue weighted by Gasteiger charge is -2.07. The summed E-state index contributed by atoms with van der Waals surface area (Å²) in [6.07, 6.45) is 0. The SMILES string of the molecule is CC(Cl)c1nnnn1-c1cc([N+](=O)[O-])ccc1Cl. The number of hydrogen-bond donors (Lipinski definition) is 0. The number of halogens is 2. The minimum atomic E-state index is -0.520. The van der Waals surface area contributed by atoms with E-state index in [0.717, 1.165) is 0 Å². The van der Waals surface area contributed by atoms with Gasteiger partial charge in [0, 0.05) is 12.1 Å². The number of nitro groups is 1. The maximum atomic E-state index is 10.7. The number of nitrogens with zero attached hydrogens (tertiary/aromatic N) is 5.